The van der Waals surface area contributed by atoms with Crippen LogP contribution >= 0.6 is 0 Å². The minimum atomic E-state index is -3.74. The van der Waals surface area contributed by atoms with Crippen molar-refractivity contribution in [2.75, 3.05) is 26.7 Å². The number of ketones is 1. The normalized spacial score (nSPS) is 26.4. The predicted octanol–water partition coefficient (Wildman–Crippen LogP) is -0.335. The third-order valence-corrected chi connectivity index (χ3v) is 7.92. The Balaban J connectivity index is 1.59. The number of hydrogen-bond donors (Lipinski definition) is 1. The average molecular weight is 466 g/mol. The first-order valence-electron chi connectivity index (χ1n) is 10.4. The van der Waals surface area contributed by atoms with Gasteiger partial charge in [-0.15, -0.1) is 0 Å². The fourth-order valence-corrected chi connectivity index (χ4v) is 5.78. The van der Waals surface area contributed by atoms with Gasteiger partial charge in [-0.3, -0.25) is 19.3 Å². The molecule has 32 heavy (non-hydrogen) atoms. The Morgan fingerprint density at radius 3 is 2.59 bits per heavy atom. The second kappa shape index (κ2) is 8.68. The van der Waals surface area contributed by atoms with Crippen molar-refractivity contribution in [2.45, 2.75) is 37.9 Å². The van der Waals surface area contributed by atoms with E-state index >= 15 is 0 Å². The van der Waals surface area contributed by atoms with Gasteiger partial charge in [-0.05, 0) is 37.0 Å². The summed E-state index contributed by atoms with van der Waals surface area (Å²) in [7, 11) is -2.25. The highest BCUT2D eigenvalue weighted by Crippen LogP contribution is 2.28. The van der Waals surface area contributed by atoms with E-state index < -0.39 is 45.7 Å². The molecule has 3 heterocycles. The van der Waals surface area contributed by atoms with Crippen molar-refractivity contribution in [3.05, 3.63) is 35.6 Å². The fraction of sp³-hybridized carbons (Fsp3) is 0.500. The summed E-state index contributed by atoms with van der Waals surface area (Å²) < 4.78 is 41.3. The lowest BCUT2D eigenvalue weighted by atomic mass is 9.98. The molecule has 4 rings (SSSR count). The Bertz CT molecular complexity index is 1070. The highest BCUT2D eigenvalue weighted by molar-refractivity contribution is 7.86. The number of carbonyl (C=O) groups excluding carboxylic acids is 3. The molecule has 0 bridgehead atoms. The van der Waals surface area contributed by atoms with Gasteiger partial charge >= 0.3 is 0 Å². The Kier molecular flexibility index (Phi) is 6.10. The molecule has 12 heteroatoms. The van der Waals surface area contributed by atoms with Crippen LogP contribution in [0.3, 0.4) is 0 Å². The summed E-state index contributed by atoms with van der Waals surface area (Å²) >= 11 is 0. The third-order valence-electron chi connectivity index (χ3n) is 5.92. The Labute approximate surface area is 185 Å². The average Bonchev–Trinajstić information content (AvgIpc) is 2.77. The molecular formula is C20H24FN5O5S. The van der Waals surface area contributed by atoms with E-state index in [0.29, 0.717) is 31.4 Å². The molecule has 3 aliphatic rings. The molecule has 10 nitrogen and oxygen atoms in total. The minimum Gasteiger partial charge on any atom is -0.350 e. The second-order valence-corrected chi connectivity index (χ2v) is 9.99. The molecule has 0 radical (unpaired) electrons. The smallest absolute Gasteiger partial charge is 0.298 e. The molecule has 0 aliphatic carbocycles. The van der Waals surface area contributed by atoms with Crippen LogP contribution in [0.15, 0.2) is 29.3 Å². The standard InChI is InChI=1S/C20H24FN5O5S/c1-24-9-3-11-26(32(24,30)31)15-4-2-10-25-18(15)23-16(17(27)20(25)29)19(28)22-12-13-5-7-14(21)8-6-13/h5-8,15-16H,2-4,9-12H2,1H3,(H,22,28). The van der Waals surface area contributed by atoms with E-state index in [2.05, 4.69) is 10.3 Å². The van der Waals surface area contributed by atoms with Crippen molar-refractivity contribution in [1.82, 2.24) is 18.8 Å². The topological polar surface area (TPSA) is 119 Å². The van der Waals surface area contributed by atoms with Gasteiger partial charge in [-0.1, -0.05) is 12.1 Å². The fourth-order valence-electron chi connectivity index (χ4n) is 4.18. The molecule has 2 atom stereocenters. The summed E-state index contributed by atoms with van der Waals surface area (Å²) in [6, 6.07) is 3.17. The molecule has 0 saturated carbocycles. The maximum absolute atomic E-state index is 13.1. The van der Waals surface area contributed by atoms with E-state index in [1.807, 2.05) is 0 Å². The van der Waals surface area contributed by atoms with Gasteiger partial charge < -0.3 is 5.32 Å². The highest BCUT2D eigenvalue weighted by atomic mass is 32.2. The maximum atomic E-state index is 13.1. The van der Waals surface area contributed by atoms with Crippen LogP contribution in [0.2, 0.25) is 0 Å². The molecule has 2 fully saturated rings. The first-order chi connectivity index (χ1) is 15.2. The lowest BCUT2D eigenvalue weighted by Crippen LogP contribution is -2.64. The van der Waals surface area contributed by atoms with E-state index in [1.54, 1.807) is 0 Å². The number of benzene rings is 1. The molecule has 1 N–H and O–H groups in total. The van der Waals surface area contributed by atoms with Crippen LogP contribution in [0.25, 0.3) is 0 Å². The van der Waals surface area contributed by atoms with E-state index in [4.69, 9.17) is 0 Å². The third kappa shape index (κ3) is 4.05. The molecule has 2 unspecified atom stereocenters. The Hall–Kier alpha value is -2.70. The van der Waals surface area contributed by atoms with Gasteiger partial charge in [0, 0.05) is 33.2 Å². The van der Waals surface area contributed by atoms with Crippen LogP contribution in [-0.2, 0) is 31.1 Å². The second-order valence-electron chi connectivity index (χ2n) is 8.01. The number of halogens is 1. The minimum absolute atomic E-state index is 0.0282. The maximum Gasteiger partial charge on any atom is 0.298 e. The lowest BCUT2D eigenvalue weighted by molar-refractivity contribution is -0.146. The Morgan fingerprint density at radius 2 is 1.88 bits per heavy atom. The number of carbonyl (C=O) groups is 3. The van der Waals surface area contributed by atoms with Gasteiger partial charge in [0.05, 0.1) is 6.04 Å². The van der Waals surface area contributed by atoms with Crippen molar-refractivity contribution in [1.29, 1.82) is 0 Å². The number of aliphatic imine (C=N–C) groups is 1. The monoisotopic (exact) mass is 465 g/mol. The molecule has 2 saturated heterocycles. The van der Waals surface area contributed by atoms with Crippen LogP contribution in [0.5, 0.6) is 0 Å². The van der Waals surface area contributed by atoms with E-state index in [9.17, 15) is 27.2 Å². The van der Waals surface area contributed by atoms with Crippen LogP contribution in [0.1, 0.15) is 24.8 Å². The predicted molar refractivity (Wildman–Crippen MR) is 112 cm³/mol. The summed E-state index contributed by atoms with van der Waals surface area (Å²) in [6.07, 6.45) is 1.57. The molecule has 1 aromatic rings. The summed E-state index contributed by atoms with van der Waals surface area (Å²) in [5.74, 6) is -2.85. The zero-order valence-electron chi connectivity index (χ0n) is 17.5. The van der Waals surface area contributed by atoms with Gasteiger partial charge in [-0.2, -0.15) is 17.0 Å². The molecule has 0 aromatic heterocycles. The van der Waals surface area contributed by atoms with Gasteiger partial charge in [0.15, 0.2) is 6.04 Å². The van der Waals surface area contributed by atoms with Gasteiger partial charge in [0.2, 0.25) is 0 Å². The van der Waals surface area contributed by atoms with Gasteiger partial charge in [0.25, 0.3) is 27.8 Å². The van der Waals surface area contributed by atoms with Crippen molar-refractivity contribution in [3.63, 3.8) is 0 Å². The largest absolute Gasteiger partial charge is 0.350 e. The number of amidine groups is 1. The quantitative estimate of drug-likeness (QED) is 0.482. The number of fused-ring (bicyclic) bond motifs is 1. The summed E-state index contributed by atoms with van der Waals surface area (Å²) in [4.78, 5) is 43.5. The number of Topliss-reactive ketones (excluding diaryl/α,β-unsaturated/α-hetero) is 1. The van der Waals surface area contributed by atoms with Crippen molar-refractivity contribution < 1.29 is 27.2 Å². The SMILES string of the molecule is CN1CCCN(C2CCCN3C(=O)C(=O)C(C(=O)NCc4ccc(F)cc4)N=C23)S1(=O)=O. The Morgan fingerprint density at radius 1 is 1.16 bits per heavy atom. The summed E-state index contributed by atoms with van der Waals surface area (Å²) in [5, 5.41) is 2.55. The van der Waals surface area contributed by atoms with E-state index in [1.165, 1.54) is 44.8 Å². The van der Waals surface area contributed by atoms with Crippen molar-refractivity contribution in [2.24, 2.45) is 4.99 Å². The van der Waals surface area contributed by atoms with Crippen molar-refractivity contribution in [3.8, 4) is 0 Å². The summed E-state index contributed by atoms with van der Waals surface area (Å²) in [5.41, 5.74) is 0.613. The molecule has 1 aromatic carbocycles. The van der Waals surface area contributed by atoms with E-state index in [0.717, 1.165) is 0 Å². The number of piperidine rings is 1. The number of nitrogens with zero attached hydrogens (tertiary/aromatic N) is 4. The van der Waals surface area contributed by atoms with E-state index in [-0.39, 0.29) is 25.5 Å². The first kappa shape index (κ1) is 22.5. The van der Waals surface area contributed by atoms with Crippen molar-refractivity contribution >= 4 is 33.6 Å². The summed E-state index contributed by atoms with van der Waals surface area (Å²) in [6.45, 7) is 0.940. The van der Waals surface area contributed by atoms with Crippen LogP contribution in [0, 0.1) is 5.82 Å². The molecular weight excluding hydrogens is 441 g/mol. The first-order valence-corrected chi connectivity index (χ1v) is 11.8. The number of hydrogen-bond acceptors (Lipinski definition) is 6. The molecule has 172 valence electrons. The number of rotatable bonds is 4. The number of amides is 2. The molecule has 0 spiro atoms. The van der Waals surface area contributed by atoms with Gasteiger partial charge in [-0.25, -0.2) is 9.38 Å². The highest BCUT2D eigenvalue weighted by Gasteiger charge is 2.48. The molecule has 2 amide bonds. The molecule has 3 aliphatic heterocycles. The van der Waals surface area contributed by atoms with Crippen LogP contribution in [0.4, 0.5) is 4.39 Å². The zero-order valence-corrected chi connectivity index (χ0v) is 18.3. The van der Waals surface area contributed by atoms with Gasteiger partial charge in [0.1, 0.15) is 11.7 Å². The number of nitrogens with one attached hydrogen (secondary N) is 1. The van der Waals surface area contributed by atoms with Crippen LogP contribution < -0.4 is 5.32 Å². The van der Waals surface area contributed by atoms with Crippen LogP contribution in [-0.4, -0.2) is 84.1 Å². The lowest BCUT2D eigenvalue weighted by Gasteiger charge is -2.44. The zero-order chi connectivity index (χ0) is 23.0.